The number of nitrogens with zero attached hydrogens (tertiary/aromatic N) is 3. The molecular formula is C12H13N3O2S. The predicted octanol–water partition coefficient (Wildman–Crippen LogP) is 3.49. The van der Waals surface area contributed by atoms with Crippen molar-refractivity contribution >= 4 is 34.5 Å². The third kappa shape index (κ3) is 2.76. The molecule has 0 spiro atoms. The second-order valence-electron chi connectivity index (χ2n) is 4.59. The summed E-state index contributed by atoms with van der Waals surface area (Å²) in [4.78, 5) is 18.9. The highest BCUT2D eigenvalue weighted by Gasteiger charge is 2.24. The second-order valence-corrected chi connectivity index (χ2v) is 6.21. The molecule has 0 N–H and O–H groups in total. The first-order chi connectivity index (χ1) is 8.37. The molecule has 1 aliphatic rings. The Labute approximate surface area is 109 Å². The van der Waals surface area contributed by atoms with E-state index in [0.29, 0.717) is 5.17 Å². The van der Waals surface area contributed by atoms with Gasteiger partial charge in [0, 0.05) is 18.3 Å². The lowest BCUT2D eigenvalue weighted by Crippen LogP contribution is -2.11. The molecule has 1 aliphatic heterocycles. The third-order valence-corrected chi connectivity index (χ3v) is 3.46. The van der Waals surface area contributed by atoms with E-state index in [1.165, 1.54) is 12.1 Å². The number of nitro benzene ring substituents is 1. The van der Waals surface area contributed by atoms with E-state index < -0.39 is 4.92 Å². The minimum atomic E-state index is -0.407. The van der Waals surface area contributed by atoms with Gasteiger partial charge in [0.15, 0.2) is 5.17 Å². The summed E-state index contributed by atoms with van der Waals surface area (Å²) in [5.41, 5.74) is 1.58. The molecule has 0 aliphatic carbocycles. The fourth-order valence-corrected chi connectivity index (χ4v) is 2.36. The van der Waals surface area contributed by atoms with Gasteiger partial charge in [-0.05, 0) is 32.4 Å². The van der Waals surface area contributed by atoms with Crippen LogP contribution < -0.4 is 0 Å². The van der Waals surface area contributed by atoms with Crippen molar-refractivity contribution in [2.75, 3.05) is 0 Å². The molecule has 0 atom stereocenters. The van der Waals surface area contributed by atoms with Crippen LogP contribution in [0.3, 0.4) is 0 Å². The summed E-state index contributed by atoms with van der Waals surface area (Å²) < 4.78 is -0.0342. The normalized spacial score (nSPS) is 19.4. The number of hydrogen-bond acceptors (Lipinski definition) is 4. The maximum Gasteiger partial charge on any atom is 0.269 e. The average Bonchev–Trinajstić information content (AvgIpc) is 2.61. The van der Waals surface area contributed by atoms with E-state index in [4.69, 9.17) is 0 Å². The van der Waals surface area contributed by atoms with Gasteiger partial charge in [0.05, 0.1) is 15.4 Å². The molecule has 0 fully saturated rings. The van der Waals surface area contributed by atoms with Crippen molar-refractivity contribution in [1.29, 1.82) is 0 Å². The summed E-state index contributed by atoms with van der Waals surface area (Å²) in [7, 11) is 0. The van der Waals surface area contributed by atoms with E-state index in [0.717, 1.165) is 11.3 Å². The lowest BCUT2D eigenvalue weighted by Gasteiger charge is -2.09. The van der Waals surface area contributed by atoms with Gasteiger partial charge in [-0.3, -0.25) is 10.1 Å². The zero-order valence-electron chi connectivity index (χ0n) is 10.4. The van der Waals surface area contributed by atoms with E-state index in [9.17, 15) is 10.1 Å². The van der Waals surface area contributed by atoms with Crippen LogP contribution >= 0.6 is 11.8 Å². The zero-order valence-corrected chi connectivity index (χ0v) is 11.2. The fraction of sp³-hybridized carbons (Fsp3) is 0.333. The van der Waals surface area contributed by atoms with E-state index in [1.807, 2.05) is 6.21 Å². The molecule has 0 radical (unpaired) electrons. The minimum absolute atomic E-state index is 0.0342. The number of non-ortho nitro benzene ring substituents is 1. The topological polar surface area (TPSA) is 67.9 Å². The van der Waals surface area contributed by atoms with Gasteiger partial charge in [0.1, 0.15) is 0 Å². The molecule has 5 nitrogen and oxygen atoms in total. The Hall–Kier alpha value is -1.69. The Balaban J connectivity index is 2.29. The Morgan fingerprint density at radius 1 is 1.44 bits per heavy atom. The van der Waals surface area contributed by atoms with Gasteiger partial charge in [-0.15, -0.1) is 0 Å². The highest BCUT2D eigenvalue weighted by molar-refractivity contribution is 8.16. The first-order valence-electron chi connectivity index (χ1n) is 5.45. The van der Waals surface area contributed by atoms with Crippen molar-refractivity contribution in [3.8, 4) is 0 Å². The van der Waals surface area contributed by atoms with E-state index in [2.05, 4.69) is 23.8 Å². The molecule has 0 unspecified atom stereocenters. The summed E-state index contributed by atoms with van der Waals surface area (Å²) in [6.45, 7) is 5.93. The van der Waals surface area contributed by atoms with Gasteiger partial charge in [-0.25, -0.2) is 9.98 Å². The van der Waals surface area contributed by atoms with Crippen molar-refractivity contribution in [3.63, 3.8) is 0 Å². The molecule has 1 aromatic carbocycles. The van der Waals surface area contributed by atoms with Crippen LogP contribution in [0.5, 0.6) is 0 Å². The Morgan fingerprint density at radius 3 is 2.67 bits per heavy atom. The summed E-state index contributed by atoms with van der Waals surface area (Å²) in [5.74, 6) is 0. The largest absolute Gasteiger partial charge is 0.269 e. The van der Waals surface area contributed by atoms with Crippen LogP contribution in [-0.4, -0.2) is 21.1 Å². The van der Waals surface area contributed by atoms with Crippen molar-refractivity contribution < 1.29 is 4.92 Å². The average molecular weight is 263 g/mol. The number of amidine groups is 1. The van der Waals surface area contributed by atoms with E-state index in [1.54, 1.807) is 24.8 Å². The number of benzene rings is 1. The van der Waals surface area contributed by atoms with E-state index >= 15 is 0 Å². The molecule has 0 aromatic heterocycles. The number of thioether (sulfide) groups is 1. The molecule has 18 heavy (non-hydrogen) atoms. The molecule has 1 aromatic rings. The smallest absolute Gasteiger partial charge is 0.258 e. The van der Waals surface area contributed by atoms with Crippen molar-refractivity contribution in [1.82, 2.24) is 0 Å². The first kappa shape index (κ1) is 12.8. The fourth-order valence-electron chi connectivity index (χ4n) is 1.53. The van der Waals surface area contributed by atoms with Gasteiger partial charge >= 0.3 is 0 Å². The van der Waals surface area contributed by atoms with Gasteiger partial charge in [-0.2, -0.15) is 0 Å². The van der Waals surface area contributed by atoms with Crippen LogP contribution in [-0.2, 0) is 0 Å². The monoisotopic (exact) mass is 263 g/mol. The zero-order chi connectivity index (χ0) is 13.3. The molecule has 0 saturated carbocycles. The van der Waals surface area contributed by atoms with Crippen LogP contribution in [0.2, 0.25) is 0 Å². The molecule has 0 bridgehead atoms. The maximum atomic E-state index is 10.6. The van der Waals surface area contributed by atoms with Gasteiger partial charge < -0.3 is 0 Å². The highest BCUT2D eigenvalue weighted by atomic mass is 32.2. The van der Waals surface area contributed by atoms with Gasteiger partial charge in [-0.1, -0.05) is 11.8 Å². The van der Waals surface area contributed by atoms with Gasteiger partial charge in [0.2, 0.25) is 0 Å². The van der Waals surface area contributed by atoms with Crippen LogP contribution in [0.15, 0.2) is 28.2 Å². The number of aliphatic imine (C=N–C) groups is 2. The SMILES string of the molecule is Cc1cc([N+](=O)[O-])ccc1N=C1N=CC(C)(C)S1. The quantitative estimate of drug-likeness (QED) is 0.606. The second kappa shape index (κ2) is 4.53. The van der Waals surface area contributed by atoms with Crippen molar-refractivity contribution in [2.24, 2.45) is 9.98 Å². The minimum Gasteiger partial charge on any atom is -0.258 e. The van der Waals surface area contributed by atoms with Crippen molar-refractivity contribution in [3.05, 3.63) is 33.9 Å². The van der Waals surface area contributed by atoms with Crippen LogP contribution in [0.25, 0.3) is 0 Å². The predicted molar refractivity (Wildman–Crippen MR) is 75.1 cm³/mol. The lowest BCUT2D eigenvalue weighted by atomic mass is 10.2. The van der Waals surface area contributed by atoms with Crippen LogP contribution in [0.4, 0.5) is 11.4 Å². The highest BCUT2D eigenvalue weighted by Crippen LogP contribution is 2.32. The molecule has 0 saturated heterocycles. The summed E-state index contributed by atoms with van der Waals surface area (Å²) >= 11 is 1.58. The molecule has 94 valence electrons. The van der Waals surface area contributed by atoms with Crippen LogP contribution in [0.1, 0.15) is 19.4 Å². The summed E-state index contributed by atoms with van der Waals surface area (Å²) in [5, 5.41) is 11.3. The van der Waals surface area contributed by atoms with Crippen molar-refractivity contribution in [2.45, 2.75) is 25.5 Å². The molecule has 2 rings (SSSR count). The molecular weight excluding hydrogens is 250 g/mol. The summed E-state index contributed by atoms with van der Waals surface area (Å²) in [6.07, 6.45) is 1.86. The lowest BCUT2D eigenvalue weighted by molar-refractivity contribution is -0.384. The number of hydrogen-bond donors (Lipinski definition) is 0. The third-order valence-electron chi connectivity index (χ3n) is 2.45. The maximum absolute atomic E-state index is 10.6. The standard InChI is InChI=1S/C12H13N3O2S/c1-8-6-9(15(16)17)4-5-10(8)14-11-13-7-12(2,3)18-11/h4-7H,1-3H3. The Kier molecular flexibility index (Phi) is 3.21. The first-order valence-corrected chi connectivity index (χ1v) is 6.27. The van der Waals surface area contributed by atoms with E-state index in [-0.39, 0.29) is 10.4 Å². The molecule has 6 heteroatoms. The Bertz CT molecular complexity index is 564. The van der Waals surface area contributed by atoms with Gasteiger partial charge in [0.25, 0.3) is 5.69 Å². The number of nitro groups is 1. The number of aryl methyl sites for hydroxylation is 1. The Morgan fingerprint density at radius 2 is 2.17 bits per heavy atom. The summed E-state index contributed by atoms with van der Waals surface area (Å²) in [6, 6.07) is 4.64. The molecule has 1 heterocycles. The van der Waals surface area contributed by atoms with Crippen LogP contribution in [0, 0.1) is 17.0 Å². The molecule has 0 amide bonds. The number of rotatable bonds is 2.